The average molecular weight is 299 g/mol. The van der Waals surface area contributed by atoms with Crippen molar-refractivity contribution in [2.45, 2.75) is 6.92 Å². The molecular weight excluding hydrogens is 282 g/mol. The van der Waals surface area contributed by atoms with Crippen LogP contribution in [0.5, 0.6) is 11.5 Å². The maximum absolute atomic E-state index is 11.1. The summed E-state index contributed by atoms with van der Waals surface area (Å²) in [5, 5.41) is 9.07. The number of hydrogen-bond acceptors (Lipinski definition) is 4. The minimum absolute atomic E-state index is 0.194. The van der Waals surface area contributed by atoms with Crippen LogP contribution in [0.3, 0.4) is 0 Å². The van der Waals surface area contributed by atoms with Gasteiger partial charge in [0.05, 0.1) is 25.0 Å². The average Bonchev–Trinajstić information content (AvgIpc) is 2.54. The highest BCUT2D eigenvalue weighted by Gasteiger charge is 2.08. The van der Waals surface area contributed by atoms with Crippen molar-refractivity contribution in [2.75, 3.05) is 13.7 Å². The Morgan fingerprint density at radius 1 is 1.23 bits per heavy atom. The number of aromatic carboxylic acids is 1. The normalized spacial score (nSPS) is 10.6. The van der Waals surface area contributed by atoms with Crippen LogP contribution in [0.1, 0.15) is 22.8 Å². The lowest BCUT2D eigenvalue weighted by Gasteiger charge is -2.07. The van der Waals surface area contributed by atoms with Crippen LogP contribution < -0.4 is 9.47 Å². The van der Waals surface area contributed by atoms with E-state index >= 15 is 0 Å². The van der Waals surface area contributed by atoms with Gasteiger partial charge in [-0.3, -0.25) is 4.99 Å². The summed E-state index contributed by atoms with van der Waals surface area (Å²) in [5.74, 6) is 0.369. The van der Waals surface area contributed by atoms with Gasteiger partial charge in [0.15, 0.2) is 0 Å². The zero-order valence-electron chi connectivity index (χ0n) is 12.4. The van der Waals surface area contributed by atoms with Crippen molar-refractivity contribution in [3.8, 4) is 11.5 Å². The fourth-order valence-electron chi connectivity index (χ4n) is 1.88. The van der Waals surface area contributed by atoms with Gasteiger partial charge in [0.2, 0.25) is 0 Å². The summed E-state index contributed by atoms with van der Waals surface area (Å²) in [5.41, 5.74) is 1.56. The second-order valence-electron chi connectivity index (χ2n) is 4.45. The Bertz CT molecular complexity index is 678. The van der Waals surface area contributed by atoms with Crippen LogP contribution >= 0.6 is 0 Å². The lowest BCUT2D eigenvalue weighted by molar-refractivity contribution is 0.0697. The molecule has 1 N–H and O–H groups in total. The number of carbonyl (C=O) groups is 1. The van der Waals surface area contributed by atoms with Gasteiger partial charge in [-0.2, -0.15) is 0 Å². The van der Waals surface area contributed by atoms with Gasteiger partial charge < -0.3 is 14.6 Å². The number of benzene rings is 2. The Morgan fingerprint density at radius 3 is 2.55 bits per heavy atom. The Balaban J connectivity index is 2.30. The zero-order valence-corrected chi connectivity index (χ0v) is 12.4. The predicted molar refractivity (Wildman–Crippen MR) is 84.8 cm³/mol. The fraction of sp³-hybridized carbons (Fsp3) is 0.176. The number of carboxylic acid groups (broad SMARTS) is 1. The summed E-state index contributed by atoms with van der Waals surface area (Å²) >= 11 is 0. The fourth-order valence-corrected chi connectivity index (χ4v) is 1.88. The number of rotatable bonds is 6. The molecule has 5 nitrogen and oxygen atoms in total. The minimum atomic E-state index is -0.984. The van der Waals surface area contributed by atoms with Gasteiger partial charge >= 0.3 is 5.97 Å². The molecule has 0 fully saturated rings. The zero-order chi connectivity index (χ0) is 15.9. The van der Waals surface area contributed by atoms with Crippen LogP contribution in [-0.4, -0.2) is 31.0 Å². The van der Waals surface area contributed by atoms with E-state index in [0.29, 0.717) is 17.9 Å². The molecule has 2 aromatic carbocycles. The molecule has 0 bridgehead atoms. The number of carboxylic acids is 1. The molecule has 0 atom stereocenters. The van der Waals surface area contributed by atoms with Crippen LogP contribution in [0, 0.1) is 0 Å². The Morgan fingerprint density at radius 2 is 1.95 bits per heavy atom. The molecule has 0 amide bonds. The molecule has 2 rings (SSSR count). The standard InChI is InChI=1S/C17H17NO4/c1-3-22-16-9-4-12(17(19)20)10-13(16)11-18-14-5-7-15(21-2)8-6-14/h4-11H,3H2,1-2H3,(H,19,20). The molecule has 0 heterocycles. The lowest BCUT2D eigenvalue weighted by atomic mass is 10.1. The van der Waals surface area contributed by atoms with E-state index in [1.165, 1.54) is 6.07 Å². The van der Waals surface area contributed by atoms with Crippen molar-refractivity contribution in [1.29, 1.82) is 0 Å². The first-order valence-electron chi connectivity index (χ1n) is 6.82. The SMILES string of the molecule is CCOc1ccc(C(=O)O)cc1C=Nc1ccc(OC)cc1. The van der Waals surface area contributed by atoms with E-state index in [9.17, 15) is 4.79 Å². The number of hydrogen-bond donors (Lipinski definition) is 1. The molecule has 0 spiro atoms. The molecule has 22 heavy (non-hydrogen) atoms. The first-order chi connectivity index (χ1) is 10.6. The Kier molecular flexibility index (Phi) is 5.14. The van der Waals surface area contributed by atoms with E-state index in [2.05, 4.69) is 4.99 Å². The monoisotopic (exact) mass is 299 g/mol. The third-order valence-electron chi connectivity index (χ3n) is 2.98. The van der Waals surface area contributed by atoms with Gasteiger partial charge in [0.1, 0.15) is 11.5 Å². The quantitative estimate of drug-likeness (QED) is 0.828. The number of methoxy groups -OCH3 is 1. The third-order valence-corrected chi connectivity index (χ3v) is 2.98. The number of aliphatic imine (C=N–C) groups is 1. The van der Waals surface area contributed by atoms with Crippen molar-refractivity contribution in [3.63, 3.8) is 0 Å². The van der Waals surface area contributed by atoms with E-state index in [4.69, 9.17) is 14.6 Å². The minimum Gasteiger partial charge on any atom is -0.497 e. The second-order valence-corrected chi connectivity index (χ2v) is 4.45. The van der Waals surface area contributed by atoms with Gasteiger partial charge in [-0.1, -0.05) is 0 Å². The third kappa shape index (κ3) is 3.85. The highest BCUT2D eigenvalue weighted by Crippen LogP contribution is 2.21. The van der Waals surface area contributed by atoms with E-state index in [1.807, 2.05) is 31.2 Å². The molecule has 5 heteroatoms. The summed E-state index contributed by atoms with van der Waals surface area (Å²) in [6, 6.07) is 11.9. The van der Waals surface area contributed by atoms with Crippen LogP contribution in [0.4, 0.5) is 5.69 Å². The topological polar surface area (TPSA) is 68.1 Å². The molecular formula is C17H17NO4. The van der Waals surface area contributed by atoms with Crippen molar-refractivity contribution >= 4 is 17.9 Å². The Hall–Kier alpha value is -2.82. The van der Waals surface area contributed by atoms with E-state index in [1.54, 1.807) is 25.5 Å². The molecule has 0 saturated heterocycles. The molecule has 0 aliphatic carbocycles. The first kappa shape index (κ1) is 15.6. The summed E-state index contributed by atoms with van der Waals surface area (Å²) < 4.78 is 10.6. The smallest absolute Gasteiger partial charge is 0.335 e. The lowest BCUT2D eigenvalue weighted by Crippen LogP contribution is -2.01. The van der Waals surface area contributed by atoms with Crippen molar-refractivity contribution in [1.82, 2.24) is 0 Å². The van der Waals surface area contributed by atoms with Crippen molar-refractivity contribution < 1.29 is 19.4 Å². The molecule has 0 aliphatic rings. The van der Waals surface area contributed by atoms with Crippen LogP contribution in [0.25, 0.3) is 0 Å². The van der Waals surface area contributed by atoms with E-state index < -0.39 is 5.97 Å². The molecule has 0 radical (unpaired) electrons. The van der Waals surface area contributed by atoms with Crippen molar-refractivity contribution in [3.05, 3.63) is 53.6 Å². The van der Waals surface area contributed by atoms with Gasteiger partial charge in [-0.15, -0.1) is 0 Å². The number of nitrogens with zero attached hydrogens (tertiary/aromatic N) is 1. The van der Waals surface area contributed by atoms with Gasteiger partial charge in [-0.05, 0) is 49.4 Å². The summed E-state index contributed by atoms with van der Waals surface area (Å²) in [6.45, 7) is 2.37. The summed E-state index contributed by atoms with van der Waals surface area (Å²) in [4.78, 5) is 15.4. The maximum atomic E-state index is 11.1. The van der Waals surface area contributed by atoms with E-state index in [0.717, 1.165) is 11.4 Å². The van der Waals surface area contributed by atoms with Crippen LogP contribution in [-0.2, 0) is 0 Å². The van der Waals surface area contributed by atoms with Crippen LogP contribution in [0.15, 0.2) is 47.5 Å². The highest BCUT2D eigenvalue weighted by atomic mass is 16.5. The predicted octanol–water partition coefficient (Wildman–Crippen LogP) is 3.54. The molecule has 2 aromatic rings. The molecule has 0 saturated carbocycles. The Labute approximate surface area is 128 Å². The van der Waals surface area contributed by atoms with Crippen LogP contribution in [0.2, 0.25) is 0 Å². The van der Waals surface area contributed by atoms with E-state index in [-0.39, 0.29) is 5.56 Å². The largest absolute Gasteiger partial charge is 0.497 e. The second kappa shape index (κ2) is 7.26. The molecule has 0 aliphatic heterocycles. The maximum Gasteiger partial charge on any atom is 0.335 e. The summed E-state index contributed by atoms with van der Waals surface area (Å²) in [6.07, 6.45) is 1.60. The molecule has 0 aromatic heterocycles. The summed E-state index contributed by atoms with van der Waals surface area (Å²) in [7, 11) is 1.60. The molecule has 114 valence electrons. The van der Waals surface area contributed by atoms with Gasteiger partial charge in [0, 0.05) is 11.8 Å². The first-order valence-corrected chi connectivity index (χ1v) is 6.82. The van der Waals surface area contributed by atoms with Crippen molar-refractivity contribution in [2.24, 2.45) is 4.99 Å². The van der Waals surface area contributed by atoms with Gasteiger partial charge in [-0.25, -0.2) is 4.79 Å². The van der Waals surface area contributed by atoms with Gasteiger partial charge in [0.25, 0.3) is 0 Å². The highest BCUT2D eigenvalue weighted by molar-refractivity contribution is 5.93. The molecule has 0 unspecified atom stereocenters. The number of ether oxygens (including phenoxy) is 2.